The Hall–Kier alpha value is -2.38. The van der Waals surface area contributed by atoms with Gasteiger partial charge in [0.15, 0.2) is 0 Å². The van der Waals surface area contributed by atoms with E-state index in [0.717, 1.165) is 11.1 Å². The molecule has 0 saturated heterocycles. The van der Waals surface area contributed by atoms with Gasteiger partial charge in [-0.1, -0.05) is 17.7 Å². The van der Waals surface area contributed by atoms with Gasteiger partial charge in [0, 0.05) is 17.3 Å². The number of nitrogens with zero attached hydrogens (tertiary/aromatic N) is 2. The Morgan fingerprint density at radius 3 is 2.61 bits per heavy atom. The summed E-state index contributed by atoms with van der Waals surface area (Å²) in [5.41, 5.74) is 2.64. The van der Waals surface area contributed by atoms with Gasteiger partial charge in [-0.3, -0.25) is 4.79 Å². The van der Waals surface area contributed by atoms with Gasteiger partial charge in [0.05, 0.1) is 18.1 Å². The average molecular weight is 331 g/mol. The highest BCUT2D eigenvalue weighted by molar-refractivity contribution is 6.31. The number of benzene rings is 2. The Morgan fingerprint density at radius 2 is 1.96 bits per heavy atom. The van der Waals surface area contributed by atoms with E-state index >= 15 is 0 Å². The summed E-state index contributed by atoms with van der Waals surface area (Å²) in [6, 6.07) is 11.4. The maximum absolute atomic E-state index is 14.0. The second kappa shape index (κ2) is 7.26. The first kappa shape index (κ1) is 17.0. The van der Waals surface area contributed by atoms with Crippen LogP contribution in [-0.4, -0.2) is 12.5 Å². The molecule has 2 aromatic rings. The number of aryl methyl sites for hydroxylation is 2. The van der Waals surface area contributed by atoms with E-state index < -0.39 is 11.7 Å². The van der Waals surface area contributed by atoms with Gasteiger partial charge in [0.1, 0.15) is 5.82 Å². The van der Waals surface area contributed by atoms with Crippen LogP contribution in [0.2, 0.25) is 5.02 Å². The molecule has 0 aromatic heterocycles. The standard InChI is InChI=1S/C18H16ClFN2O/c1-12-4-6-15(10-13(12)2)22(9-3-8-21)18(23)16-11-14(19)5-7-17(16)20/h4-7,10-11H,3,9H2,1-2H3. The second-order valence-electron chi connectivity index (χ2n) is 5.26. The molecule has 5 heteroatoms. The van der Waals surface area contributed by atoms with Crippen LogP contribution in [0.15, 0.2) is 36.4 Å². The van der Waals surface area contributed by atoms with E-state index in [9.17, 15) is 9.18 Å². The van der Waals surface area contributed by atoms with Crippen molar-refractivity contribution >= 4 is 23.2 Å². The number of nitriles is 1. The Bertz CT molecular complexity index is 783. The smallest absolute Gasteiger partial charge is 0.261 e. The fourth-order valence-corrected chi connectivity index (χ4v) is 2.38. The molecule has 0 saturated carbocycles. The fourth-order valence-electron chi connectivity index (χ4n) is 2.21. The van der Waals surface area contributed by atoms with E-state index in [-0.39, 0.29) is 23.6 Å². The second-order valence-corrected chi connectivity index (χ2v) is 5.69. The Labute approximate surface area is 139 Å². The van der Waals surface area contributed by atoms with Crippen molar-refractivity contribution in [3.8, 4) is 6.07 Å². The molecule has 0 aliphatic rings. The number of carbonyl (C=O) groups is 1. The maximum atomic E-state index is 14.0. The summed E-state index contributed by atoms with van der Waals surface area (Å²) in [6.07, 6.45) is 0.154. The molecule has 0 bridgehead atoms. The van der Waals surface area contributed by atoms with Gasteiger partial charge < -0.3 is 4.90 Å². The third kappa shape index (κ3) is 3.88. The highest BCUT2D eigenvalue weighted by Gasteiger charge is 2.21. The quantitative estimate of drug-likeness (QED) is 0.818. The van der Waals surface area contributed by atoms with Crippen molar-refractivity contribution in [2.75, 3.05) is 11.4 Å². The van der Waals surface area contributed by atoms with Gasteiger partial charge in [0.25, 0.3) is 5.91 Å². The number of hydrogen-bond donors (Lipinski definition) is 0. The lowest BCUT2D eigenvalue weighted by Gasteiger charge is -2.23. The first-order valence-corrected chi connectivity index (χ1v) is 7.53. The van der Waals surface area contributed by atoms with E-state index in [0.29, 0.717) is 5.69 Å². The van der Waals surface area contributed by atoms with Crippen molar-refractivity contribution in [2.24, 2.45) is 0 Å². The van der Waals surface area contributed by atoms with Gasteiger partial charge in [-0.15, -0.1) is 0 Å². The summed E-state index contributed by atoms with van der Waals surface area (Å²) in [5, 5.41) is 9.12. The zero-order valence-corrected chi connectivity index (χ0v) is 13.7. The fraction of sp³-hybridized carbons (Fsp3) is 0.222. The third-order valence-electron chi connectivity index (χ3n) is 3.65. The maximum Gasteiger partial charge on any atom is 0.261 e. The van der Waals surface area contributed by atoms with Gasteiger partial charge in [0.2, 0.25) is 0 Å². The van der Waals surface area contributed by atoms with Crippen molar-refractivity contribution in [3.05, 3.63) is 63.9 Å². The summed E-state index contributed by atoms with van der Waals surface area (Å²) >= 11 is 5.87. The molecular formula is C18H16ClFN2O. The van der Waals surface area contributed by atoms with Crippen LogP contribution in [0.1, 0.15) is 27.9 Å². The Morgan fingerprint density at radius 1 is 1.22 bits per heavy atom. The zero-order chi connectivity index (χ0) is 17.0. The molecule has 23 heavy (non-hydrogen) atoms. The van der Waals surface area contributed by atoms with Crippen molar-refractivity contribution in [2.45, 2.75) is 20.3 Å². The van der Waals surface area contributed by atoms with Crippen molar-refractivity contribution < 1.29 is 9.18 Å². The van der Waals surface area contributed by atoms with Gasteiger partial charge in [-0.05, 0) is 55.3 Å². The molecule has 0 radical (unpaired) electrons. The minimum atomic E-state index is -0.634. The molecule has 2 aromatic carbocycles. The Balaban J connectivity index is 2.45. The van der Waals surface area contributed by atoms with Gasteiger partial charge >= 0.3 is 0 Å². The molecule has 0 aliphatic heterocycles. The SMILES string of the molecule is Cc1ccc(N(CCC#N)C(=O)c2cc(Cl)ccc2F)cc1C. The zero-order valence-electron chi connectivity index (χ0n) is 12.9. The lowest BCUT2D eigenvalue weighted by molar-refractivity contribution is 0.0983. The normalized spacial score (nSPS) is 10.2. The van der Waals surface area contributed by atoms with E-state index in [1.807, 2.05) is 32.0 Å². The van der Waals surface area contributed by atoms with Crippen LogP contribution in [-0.2, 0) is 0 Å². The molecule has 0 unspecified atom stereocenters. The van der Waals surface area contributed by atoms with Crippen LogP contribution in [0.25, 0.3) is 0 Å². The highest BCUT2D eigenvalue weighted by atomic mass is 35.5. The molecule has 0 N–H and O–H groups in total. The lowest BCUT2D eigenvalue weighted by atomic mass is 10.1. The molecule has 118 valence electrons. The minimum Gasteiger partial charge on any atom is -0.307 e. The molecule has 0 spiro atoms. The first-order valence-electron chi connectivity index (χ1n) is 7.15. The van der Waals surface area contributed by atoms with Crippen LogP contribution >= 0.6 is 11.6 Å². The van der Waals surface area contributed by atoms with Crippen molar-refractivity contribution in [1.29, 1.82) is 5.26 Å². The van der Waals surface area contributed by atoms with Crippen LogP contribution < -0.4 is 4.90 Å². The molecular weight excluding hydrogens is 315 g/mol. The molecule has 0 aliphatic carbocycles. The molecule has 1 amide bonds. The molecule has 0 atom stereocenters. The number of carbonyl (C=O) groups excluding carboxylic acids is 1. The van der Waals surface area contributed by atoms with Crippen LogP contribution in [0, 0.1) is 31.0 Å². The van der Waals surface area contributed by atoms with E-state index in [2.05, 4.69) is 0 Å². The van der Waals surface area contributed by atoms with Crippen LogP contribution in [0.4, 0.5) is 10.1 Å². The predicted molar refractivity (Wildman–Crippen MR) is 89.2 cm³/mol. The third-order valence-corrected chi connectivity index (χ3v) is 3.89. The summed E-state index contributed by atoms with van der Waals surface area (Å²) in [4.78, 5) is 14.1. The van der Waals surface area contributed by atoms with Crippen LogP contribution in [0.3, 0.4) is 0 Å². The molecule has 0 heterocycles. The number of halogens is 2. The Kier molecular flexibility index (Phi) is 5.36. The predicted octanol–water partition coefficient (Wildman–Crippen LogP) is 4.66. The molecule has 3 nitrogen and oxygen atoms in total. The van der Waals surface area contributed by atoms with Crippen molar-refractivity contribution in [3.63, 3.8) is 0 Å². The summed E-state index contributed by atoms with van der Waals surface area (Å²) < 4.78 is 14.0. The largest absolute Gasteiger partial charge is 0.307 e. The van der Waals surface area contributed by atoms with Crippen LogP contribution in [0.5, 0.6) is 0 Å². The molecule has 2 rings (SSSR count). The monoisotopic (exact) mass is 330 g/mol. The first-order chi connectivity index (χ1) is 10.9. The summed E-state index contributed by atoms with van der Waals surface area (Å²) in [5.74, 6) is -1.14. The average Bonchev–Trinajstić information content (AvgIpc) is 2.53. The molecule has 0 fully saturated rings. The lowest BCUT2D eigenvalue weighted by Crippen LogP contribution is -2.32. The minimum absolute atomic E-state index is 0.103. The summed E-state index contributed by atoms with van der Waals surface area (Å²) in [6.45, 7) is 4.09. The van der Waals surface area contributed by atoms with Crippen molar-refractivity contribution in [1.82, 2.24) is 0 Å². The van der Waals surface area contributed by atoms with Gasteiger partial charge in [-0.2, -0.15) is 5.26 Å². The van der Waals surface area contributed by atoms with E-state index in [1.54, 1.807) is 6.07 Å². The summed E-state index contributed by atoms with van der Waals surface area (Å²) in [7, 11) is 0. The number of anilines is 1. The topological polar surface area (TPSA) is 44.1 Å². The number of rotatable bonds is 4. The highest BCUT2D eigenvalue weighted by Crippen LogP contribution is 2.23. The van der Waals surface area contributed by atoms with E-state index in [1.165, 1.54) is 23.1 Å². The van der Waals surface area contributed by atoms with Gasteiger partial charge in [-0.25, -0.2) is 4.39 Å². The number of hydrogen-bond acceptors (Lipinski definition) is 2. The number of amides is 1. The van der Waals surface area contributed by atoms with E-state index in [4.69, 9.17) is 16.9 Å².